The number of carbonyl (C=O) groups excluding carboxylic acids is 2. The number of carbonyl (C=O) groups is 2. The van der Waals surface area contributed by atoms with Crippen molar-refractivity contribution in [1.82, 2.24) is 0 Å². The number of ether oxygens (including phenoxy) is 2. The van der Waals surface area contributed by atoms with E-state index in [1.807, 2.05) is 25.1 Å². The maximum absolute atomic E-state index is 11.9. The van der Waals surface area contributed by atoms with Crippen molar-refractivity contribution in [3.63, 3.8) is 0 Å². The number of aryl methyl sites for hydroxylation is 1. The van der Waals surface area contributed by atoms with Crippen LogP contribution in [0.2, 0.25) is 10.0 Å². The summed E-state index contributed by atoms with van der Waals surface area (Å²) in [6.07, 6.45) is 0. The minimum atomic E-state index is -0.648. The number of esters is 1. The van der Waals surface area contributed by atoms with Gasteiger partial charge in [-0.25, -0.2) is 4.79 Å². The van der Waals surface area contributed by atoms with Gasteiger partial charge < -0.3 is 14.8 Å². The number of nitrogens with one attached hydrogen (secondary N) is 1. The second-order valence-electron chi connectivity index (χ2n) is 6.27. The Morgan fingerprint density at radius 3 is 2.37 bits per heavy atom. The summed E-state index contributed by atoms with van der Waals surface area (Å²) in [6, 6.07) is 10.7. The van der Waals surface area contributed by atoms with Gasteiger partial charge in [0.15, 0.2) is 13.2 Å². The molecule has 0 aliphatic rings. The second-order valence-corrected chi connectivity index (χ2v) is 7.09. The average molecular weight is 410 g/mol. The summed E-state index contributed by atoms with van der Waals surface area (Å²) in [5, 5.41) is 3.11. The molecule has 0 unspecified atom stereocenters. The topological polar surface area (TPSA) is 64.6 Å². The van der Waals surface area contributed by atoms with Crippen LogP contribution in [-0.4, -0.2) is 25.1 Å². The van der Waals surface area contributed by atoms with Crippen molar-refractivity contribution in [2.75, 3.05) is 18.5 Å². The van der Waals surface area contributed by atoms with Crippen molar-refractivity contribution in [3.05, 3.63) is 57.6 Å². The summed E-state index contributed by atoms with van der Waals surface area (Å²) in [4.78, 5) is 23.8. The second kappa shape index (κ2) is 9.62. The molecule has 5 nitrogen and oxygen atoms in total. The molecule has 0 aliphatic carbocycles. The van der Waals surface area contributed by atoms with Crippen LogP contribution in [0, 0.1) is 6.92 Å². The predicted molar refractivity (Wildman–Crippen MR) is 107 cm³/mol. The molecule has 2 aromatic carbocycles. The van der Waals surface area contributed by atoms with Crippen LogP contribution in [0.15, 0.2) is 36.4 Å². The van der Waals surface area contributed by atoms with Crippen LogP contribution >= 0.6 is 23.2 Å². The molecule has 2 rings (SSSR count). The first-order valence-corrected chi connectivity index (χ1v) is 9.16. The molecule has 7 heteroatoms. The Morgan fingerprint density at radius 2 is 1.74 bits per heavy atom. The Hall–Kier alpha value is -2.24. The van der Waals surface area contributed by atoms with Gasteiger partial charge in [0.2, 0.25) is 0 Å². The monoisotopic (exact) mass is 409 g/mol. The molecule has 0 saturated carbocycles. The molecule has 0 heterocycles. The molecule has 0 spiro atoms. The SMILES string of the molecule is Cc1ccc(C(C)C)cc1OCC(=O)OCC(=O)Nc1c(Cl)cccc1Cl. The highest BCUT2D eigenvalue weighted by Gasteiger charge is 2.13. The Kier molecular flexibility index (Phi) is 7.51. The standard InChI is InChI=1S/C20H21Cl2NO4/c1-12(2)14-8-7-13(3)17(9-14)26-11-19(25)27-10-18(24)23-20-15(21)5-4-6-16(20)22/h4-9,12H,10-11H2,1-3H3,(H,23,24). The molecule has 1 N–H and O–H groups in total. The van der Waals surface area contributed by atoms with E-state index in [2.05, 4.69) is 19.2 Å². The third-order valence-corrected chi connectivity index (χ3v) is 4.45. The predicted octanol–water partition coefficient (Wildman–Crippen LogP) is 4.99. The van der Waals surface area contributed by atoms with E-state index >= 15 is 0 Å². The summed E-state index contributed by atoms with van der Waals surface area (Å²) < 4.78 is 10.5. The van der Waals surface area contributed by atoms with Crippen LogP contribution in [0.5, 0.6) is 5.75 Å². The van der Waals surface area contributed by atoms with Gasteiger partial charge in [0.25, 0.3) is 5.91 Å². The van der Waals surface area contributed by atoms with Gasteiger partial charge in [-0.2, -0.15) is 0 Å². The molecule has 2 aromatic rings. The Morgan fingerprint density at radius 1 is 1.07 bits per heavy atom. The van der Waals surface area contributed by atoms with E-state index < -0.39 is 18.5 Å². The third-order valence-electron chi connectivity index (χ3n) is 3.82. The lowest BCUT2D eigenvalue weighted by atomic mass is 10.0. The van der Waals surface area contributed by atoms with Crippen molar-refractivity contribution < 1.29 is 19.1 Å². The summed E-state index contributed by atoms with van der Waals surface area (Å²) in [5.74, 6) is -0.230. The molecule has 1 amide bonds. The molecular weight excluding hydrogens is 389 g/mol. The van der Waals surface area contributed by atoms with Gasteiger partial charge in [0.05, 0.1) is 15.7 Å². The van der Waals surface area contributed by atoms with E-state index in [-0.39, 0.29) is 12.3 Å². The molecule has 0 radical (unpaired) electrons. The highest BCUT2D eigenvalue weighted by atomic mass is 35.5. The van der Waals surface area contributed by atoms with Gasteiger partial charge >= 0.3 is 5.97 Å². The molecule has 0 atom stereocenters. The Balaban J connectivity index is 1.84. The van der Waals surface area contributed by atoms with E-state index in [1.165, 1.54) is 0 Å². The molecule has 0 bridgehead atoms. The number of rotatable bonds is 7. The number of para-hydroxylation sites is 1. The summed E-state index contributed by atoms with van der Waals surface area (Å²) in [6.45, 7) is 5.29. The molecule has 0 fully saturated rings. The van der Waals surface area contributed by atoms with Gasteiger partial charge in [0, 0.05) is 0 Å². The fraction of sp³-hybridized carbons (Fsp3) is 0.300. The summed E-state index contributed by atoms with van der Waals surface area (Å²) in [5.41, 5.74) is 2.30. The van der Waals surface area contributed by atoms with Crippen molar-refractivity contribution in [3.8, 4) is 5.75 Å². The van der Waals surface area contributed by atoms with Crippen LogP contribution in [0.25, 0.3) is 0 Å². The van der Waals surface area contributed by atoms with Gasteiger partial charge in [-0.3, -0.25) is 4.79 Å². The number of hydrogen-bond donors (Lipinski definition) is 1. The number of amides is 1. The number of hydrogen-bond acceptors (Lipinski definition) is 4. The minimum Gasteiger partial charge on any atom is -0.482 e. The third kappa shape index (κ3) is 6.15. The zero-order valence-electron chi connectivity index (χ0n) is 15.3. The first-order valence-electron chi connectivity index (χ1n) is 8.40. The van der Waals surface area contributed by atoms with E-state index in [4.69, 9.17) is 32.7 Å². The zero-order chi connectivity index (χ0) is 20.0. The summed E-state index contributed by atoms with van der Waals surface area (Å²) in [7, 11) is 0. The fourth-order valence-corrected chi connectivity index (χ4v) is 2.74. The summed E-state index contributed by atoms with van der Waals surface area (Å²) >= 11 is 12.0. The largest absolute Gasteiger partial charge is 0.482 e. The van der Waals surface area contributed by atoms with Crippen LogP contribution in [0.4, 0.5) is 5.69 Å². The van der Waals surface area contributed by atoms with Crippen LogP contribution in [-0.2, 0) is 14.3 Å². The average Bonchev–Trinajstić information content (AvgIpc) is 2.62. The number of halogens is 2. The smallest absolute Gasteiger partial charge is 0.344 e. The van der Waals surface area contributed by atoms with E-state index in [1.54, 1.807) is 18.2 Å². The first kappa shape index (κ1) is 21.1. The first-order chi connectivity index (χ1) is 12.8. The van der Waals surface area contributed by atoms with E-state index in [0.29, 0.717) is 21.7 Å². The highest BCUT2D eigenvalue weighted by Crippen LogP contribution is 2.29. The van der Waals surface area contributed by atoms with Gasteiger partial charge in [-0.15, -0.1) is 0 Å². The molecule has 0 aromatic heterocycles. The molecular formula is C20H21Cl2NO4. The fourth-order valence-electron chi connectivity index (χ4n) is 2.25. The quantitative estimate of drug-likeness (QED) is 0.654. The number of benzene rings is 2. The highest BCUT2D eigenvalue weighted by molar-refractivity contribution is 6.39. The number of anilines is 1. The van der Waals surface area contributed by atoms with Crippen LogP contribution < -0.4 is 10.1 Å². The van der Waals surface area contributed by atoms with Gasteiger partial charge in [-0.05, 0) is 42.2 Å². The molecule has 27 heavy (non-hydrogen) atoms. The van der Waals surface area contributed by atoms with Crippen molar-refractivity contribution in [2.24, 2.45) is 0 Å². The van der Waals surface area contributed by atoms with Gasteiger partial charge in [-0.1, -0.05) is 55.2 Å². The van der Waals surface area contributed by atoms with Gasteiger partial charge in [0.1, 0.15) is 5.75 Å². The molecule has 0 aliphatic heterocycles. The minimum absolute atomic E-state index is 0.277. The van der Waals surface area contributed by atoms with E-state index in [9.17, 15) is 9.59 Å². The van der Waals surface area contributed by atoms with Crippen molar-refractivity contribution >= 4 is 40.8 Å². The van der Waals surface area contributed by atoms with E-state index in [0.717, 1.165) is 11.1 Å². The maximum atomic E-state index is 11.9. The van der Waals surface area contributed by atoms with Crippen molar-refractivity contribution in [2.45, 2.75) is 26.7 Å². The molecule has 144 valence electrons. The zero-order valence-corrected chi connectivity index (χ0v) is 16.9. The Bertz CT molecular complexity index is 816. The lowest BCUT2D eigenvalue weighted by Crippen LogP contribution is -2.24. The lowest BCUT2D eigenvalue weighted by molar-refractivity contribution is -0.149. The maximum Gasteiger partial charge on any atom is 0.344 e. The molecule has 0 saturated heterocycles. The lowest BCUT2D eigenvalue weighted by Gasteiger charge is -2.13. The van der Waals surface area contributed by atoms with Crippen LogP contribution in [0.1, 0.15) is 30.9 Å². The normalized spacial score (nSPS) is 10.6. The van der Waals surface area contributed by atoms with Crippen molar-refractivity contribution in [1.29, 1.82) is 0 Å². The van der Waals surface area contributed by atoms with Crippen LogP contribution in [0.3, 0.4) is 0 Å². The Labute approximate surface area is 168 Å².